The van der Waals surface area contributed by atoms with Crippen molar-refractivity contribution in [2.24, 2.45) is 5.92 Å². The van der Waals surface area contributed by atoms with Gasteiger partial charge in [0.05, 0.1) is 0 Å². The lowest BCUT2D eigenvalue weighted by Gasteiger charge is -1.98. The molecule has 0 saturated heterocycles. The summed E-state index contributed by atoms with van der Waals surface area (Å²) in [6.45, 7) is 0. The van der Waals surface area contributed by atoms with E-state index < -0.39 is 29.3 Å². The van der Waals surface area contributed by atoms with E-state index in [9.17, 15) is 18.4 Å². The van der Waals surface area contributed by atoms with Gasteiger partial charge in [0.25, 0.3) is 0 Å². The van der Waals surface area contributed by atoms with Crippen LogP contribution in [0.1, 0.15) is 15.9 Å². The zero-order valence-corrected chi connectivity index (χ0v) is 7.46. The minimum absolute atomic E-state index is 0.0266. The van der Waals surface area contributed by atoms with Crippen LogP contribution in [-0.4, -0.2) is 16.9 Å². The molecule has 0 aliphatic heterocycles. The first kappa shape index (κ1) is 9.76. The highest BCUT2D eigenvalue weighted by Crippen LogP contribution is 2.28. The first-order valence-electron chi connectivity index (χ1n) is 4.25. The normalized spacial score (nSPS) is 19.1. The van der Waals surface area contributed by atoms with E-state index in [0.29, 0.717) is 0 Å². The number of fused-ring (bicyclic) bond motifs is 1. The van der Waals surface area contributed by atoms with Crippen molar-refractivity contribution in [2.45, 2.75) is 6.42 Å². The van der Waals surface area contributed by atoms with Crippen LogP contribution >= 0.6 is 0 Å². The zero-order valence-electron chi connectivity index (χ0n) is 7.46. The van der Waals surface area contributed by atoms with E-state index in [1.54, 1.807) is 0 Å². The topological polar surface area (TPSA) is 54.4 Å². The third kappa shape index (κ3) is 1.40. The fraction of sp³-hybridized carbons (Fsp3) is 0.200. The molecule has 78 valence electrons. The van der Waals surface area contributed by atoms with Crippen LogP contribution in [0.25, 0.3) is 0 Å². The maximum absolute atomic E-state index is 12.8. The van der Waals surface area contributed by atoms with Gasteiger partial charge in [0, 0.05) is 5.56 Å². The molecule has 3 nitrogen and oxygen atoms in total. The summed E-state index contributed by atoms with van der Waals surface area (Å²) >= 11 is 0. The van der Waals surface area contributed by atoms with E-state index in [1.807, 2.05) is 0 Å². The van der Waals surface area contributed by atoms with Gasteiger partial charge in [0.2, 0.25) is 0 Å². The van der Waals surface area contributed by atoms with Crippen LogP contribution in [0.3, 0.4) is 0 Å². The van der Waals surface area contributed by atoms with Crippen LogP contribution in [0.15, 0.2) is 12.1 Å². The minimum Gasteiger partial charge on any atom is -0.481 e. The molecule has 1 unspecified atom stereocenters. The van der Waals surface area contributed by atoms with Crippen LogP contribution in [0.5, 0.6) is 0 Å². The second-order valence-electron chi connectivity index (χ2n) is 3.38. The first-order chi connectivity index (χ1) is 7.00. The molecular weight excluding hydrogens is 206 g/mol. The van der Waals surface area contributed by atoms with E-state index in [-0.39, 0.29) is 17.5 Å². The molecule has 1 aliphatic carbocycles. The second kappa shape index (κ2) is 3.12. The average molecular weight is 212 g/mol. The largest absolute Gasteiger partial charge is 0.481 e. The summed E-state index contributed by atoms with van der Waals surface area (Å²) in [6, 6.07) is 1.64. The fourth-order valence-electron chi connectivity index (χ4n) is 1.69. The second-order valence-corrected chi connectivity index (χ2v) is 3.38. The van der Waals surface area contributed by atoms with Crippen molar-refractivity contribution in [1.82, 2.24) is 0 Å². The van der Waals surface area contributed by atoms with Gasteiger partial charge in [-0.1, -0.05) is 0 Å². The van der Waals surface area contributed by atoms with Gasteiger partial charge in [0.15, 0.2) is 17.4 Å². The summed E-state index contributed by atoms with van der Waals surface area (Å²) in [5.74, 6) is -5.32. The van der Waals surface area contributed by atoms with Gasteiger partial charge in [-0.2, -0.15) is 0 Å². The third-order valence-corrected chi connectivity index (χ3v) is 2.45. The molecule has 1 N–H and O–H groups in total. The lowest BCUT2D eigenvalue weighted by Crippen LogP contribution is -2.19. The number of halogens is 2. The summed E-state index contributed by atoms with van der Waals surface area (Å²) in [7, 11) is 0. The Morgan fingerprint density at radius 3 is 2.53 bits per heavy atom. The summed E-state index contributed by atoms with van der Waals surface area (Å²) in [5.41, 5.74) is 0.229. The molecule has 1 aliphatic rings. The Kier molecular flexibility index (Phi) is 2.03. The van der Waals surface area contributed by atoms with Crippen molar-refractivity contribution in [3.05, 3.63) is 34.9 Å². The Labute approximate surface area is 83.3 Å². The summed E-state index contributed by atoms with van der Waals surface area (Å²) in [5, 5.41) is 8.69. The predicted molar refractivity (Wildman–Crippen MR) is 45.5 cm³/mol. The molecule has 0 aromatic heterocycles. The average Bonchev–Trinajstić information content (AvgIpc) is 2.46. The van der Waals surface area contributed by atoms with E-state index in [2.05, 4.69) is 0 Å². The van der Waals surface area contributed by atoms with Crippen LogP contribution in [0.4, 0.5) is 8.78 Å². The van der Waals surface area contributed by atoms with Crippen LogP contribution in [0, 0.1) is 17.6 Å². The number of rotatable bonds is 1. The van der Waals surface area contributed by atoms with Gasteiger partial charge in [-0.15, -0.1) is 0 Å². The number of aliphatic carboxylic acids is 1. The number of ketones is 1. The third-order valence-electron chi connectivity index (χ3n) is 2.45. The SMILES string of the molecule is O=C(O)C1Cc2cc(F)c(F)cc2C1=O. The number of carbonyl (C=O) groups excluding carboxylic acids is 1. The molecule has 5 heteroatoms. The van der Waals surface area contributed by atoms with Crippen molar-refractivity contribution in [2.75, 3.05) is 0 Å². The molecule has 0 saturated carbocycles. The van der Waals surface area contributed by atoms with Gasteiger partial charge < -0.3 is 5.11 Å². The highest BCUT2D eigenvalue weighted by Gasteiger charge is 2.36. The molecule has 0 spiro atoms. The van der Waals surface area contributed by atoms with Gasteiger partial charge in [-0.05, 0) is 24.1 Å². The van der Waals surface area contributed by atoms with Crippen LogP contribution in [0.2, 0.25) is 0 Å². The molecule has 0 heterocycles. The molecule has 0 amide bonds. The number of carboxylic acid groups (broad SMARTS) is 1. The minimum atomic E-state index is -1.27. The van der Waals surface area contributed by atoms with Gasteiger partial charge in [-0.25, -0.2) is 8.78 Å². The number of carbonyl (C=O) groups is 2. The standard InChI is InChI=1S/C10H6F2O3/c11-7-2-4-1-6(10(14)15)9(13)5(4)3-8(7)12/h2-3,6H,1H2,(H,14,15). The maximum atomic E-state index is 12.8. The van der Waals surface area contributed by atoms with E-state index >= 15 is 0 Å². The monoisotopic (exact) mass is 212 g/mol. The Bertz CT molecular complexity index is 468. The molecule has 15 heavy (non-hydrogen) atoms. The molecule has 0 radical (unpaired) electrons. The number of carboxylic acids is 1. The Balaban J connectivity index is 2.50. The molecule has 2 rings (SSSR count). The first-order valence-corrected chi connectivity index (χ1v) is 4.25. The number of Topliss-reactive ketones (excluding diaryl/α,β-unsaturated/α-hetero) is 1. The number of benzene rings is 1. The lowest BCUT2D eigenvalue weighted by atomic mass is 10.1. The highest BCUT2D eigenvalue weighted by molar-refractivity contribution is 6.11. The quantitative estimate of drug-likeness (QED) is 0.716. The van der Waals surface area contributed by atoms with E-state index in [1.165, 1.54) is 0 Å². The van der Waals surface area contributed by atoms with Crippen LogP contribution in [-0.2, 0) is 11.2 Å². The van der Waals surface area contributed by atoms with Crippen LogP contribution < -0.4 is 0 Å². The van der Waals surface area contributed by atoms with Gasteiger partial charge in [0.1, 0.15) is 5.92 Å². The highest BCUT2D eigenvalue weighted by atomic mass is 19.2. The van der Waals surface area contributed by atoms with Crippen molar-refractivity contribution >= 4 is 11.8 Å². The van der Waals surface area contributed by atoms with E-state index in [4.69, 9.17) is 5.11 Å². The number of hydrogen-bond acceptors (Lipinski definition) is 2. The van der Waals surface area contributed by atoms with Crippen molar-refractivity contribution in [1.29, 1.82) is 0 Å². The summed E-state index contributed by atoms with van der Waals surface area (Å²) < 4.78 is 25.6. The van der Waals surface area contributed by atoms with Gasteiger partial charge >= 0.3 is 5.97 Å². The summed E-state index contributed by atoms with van der Waals surface area (Å²) in [6.07, 6.45) is -0.0688. The summed E-state index contributed by atoms with van der Waals surface area (Å²) in [4.78, 5) is 22.1. The number of hydrogen-bond donors (Lipinski definition) is 1. The van der Waals surface area contributed by atoms with Crippen molar-refractivity contribution in [3.63, 3.8) is 0 Å². The maximum Gasteiger partial charge on any atom is 0.314 e. The molecule has 1 atom stereocenters. The Morgan fingerprint density at radius 2 is 1.93 bits per heavy atom. The molecule has 0 fully saturated rings. The van der Waals surface area contributed by atoms with Gasteiger partial charge in [-0.3, -0.25) is 9.59 Å². The smallest absolute Gasteiger partial charge is 0.314 e. The Morgan fingerprint density at radius 1 is 1.33 bits per heavy atom. The van der Waals surface area contributed by atoms with Crippen molar-refractivity contribution in [3.8, 4) is 0 Å². The van der Waals surface area contributed by atoms with Crippen molar-refractivity contribution < 1.29 is 23.5 Å². The molecule has 1 aromatic carbocycles. The zero-order chi connectivity index (χ0) is 11.2. The molecule has 1 aromatic rings. The molecular formula is C10H6F2O3. The molecule has 0 bridgehead atoms. The Hall–Kier alpha value is -1.78. The lowest BCUT2D eigenvalue weighted by molar-refractivity contribution is -0.139. The van der Waals surface area contributed by atoms with E-state index in [0.717, 1.165) is 12.1 Å². The predicted octanol–water partition coefficient (Wildman–Crippen LogP) is 1.40. The fourth-order valence-corrected chi connectivity index (χ4v) is 1.69.